The number of anilines is 1. The van der Waals surface area contributed by atoms with Crippen LogP contribution < -0.4 is 4.90 Å². The summed E-state index contributed by atoms with van der Waals surface area (Å²) in [5, 5.41) is 0.443. The summed E-state index contributed by atoms with van der Waals surface area (Å²) < 4.78 is 28.4. The Balaban J connectivity index is 1.13. The van der Waals surface area contributed by atoms with Crippen LogP contribution in [0, 0.1) is 5.41 Å². The number of benzene rings is 2. The van der Waals surface area contributed by atoms with Crippen molar-refractivity contribution in [3.05, 3.63) is 87.7 Å². The van der Waals surface area contributed by atoms with Gasteiger partial charge in [0.1, 0.15) is 4.90 Å². The van der Waals surface area contributed by atoms with E-state index in [1.54, 1.807) is 13.1 Å². The SMILES string of the molecule is CN(C1CCc2ccc(C(=O)N3CCC4(CC3)CCN(c3ccncc3)CC4)cc21)S(=O)(=O)c1cc(Cl)ccc1Cl. The Kier molecular flexibility index (Phi) is 7.78. The van der Waals surface area contributed by atoms with Crippen LogP contribution in [0.4, 0.5) is 5.69 Å². The fraction of sp³-hybridized carbons (Fsp3) is 0.419. The Morgan fingerprint density at radius 1 is 0.951 bits per heavy atom. The van der Waals surface area contributed by atoms with Crippen LogP contribution in [0.25, 0.3) is 0 Å². The molecule has 216 valence electrons. The van der Waals surface area contributed by atoms with E-state index >= 15 is 0 Å². The Labute approximate surface area is 252 Å². The first kappa shape index (κ1) is 28.5. The third-order valence-corrected chi connectivity index (χ3v) is 12.0. The number of carbonyl (C=O) groups is 1. The highest BCUT2D eigenvalue weighted by molar-refractivity contribution is 7.89. The van der Waals surface area contributed by atoms with E-state index in [2.05, 4.69) is 22.0 Å². The molecule has 0 radical (unpaired) electrons. The second-order valence-electron chi connectivity index (χ2n) is 11.5. The number of halogens is 2. The van der Waals surface area contributed by atoms with Crippen LogP contribution in [0.2, 0.25) is 10.0 Å². The van der Waals surface area contributed by atoms with E-state index in [0.29, 0.717) is 22.4 Å². The van der Waals surface area contributed by atoms with Crippen LogP contribution in [-0.4, -0.2) is 61.7 Å². The molecule has 1 spiro atoms. The first-order valence-electron chi connectivity index (χ1n) is 14.2. The van der Waals surface area contributed by atoms with Crippen molar-refractivity contribution in [2.24, 2.45) is 5.41 Å². The van der Waals surface area contributed by atoms with Gasteiger partial charge in [-0.25, -0.2) is 8.42 Å². The lowest BCUT2D eigenvalue weighted by atomic mass is 9.71. The molecule has 2 fully saturated rings. The van der Waals surface area contributed by atoms with Crippen LogP contribution in [0.15, 0.2) is 65.8 Å². The number of aryl methyl sites for hydroxylation is 1. The summed E-state index contributed by atoms with van der Waals surface area (Å²) in [4.78, 5) is 22.2. The molecule has 41 heavy (non-hydrogen) atoms. The molecule has 1 unspecified atom stereocenters. The molecular weight excluding hydrogens is 579 g/mol. The molecule has 0 N–H and O–H groups in total. The smallest absolute Gasteiger partial charge is 0.253 e. The molecule has 1 amide bonds. The second-order valence-corrected chi connectivity index (χ2v) is 14.4. The number of nitrogens with zero attached hydrogens (tertiary/aromatic N) is 4. The normalized spacial score (nSPS) is 20.4. The number of piperidine rings is 2. The van der Waals surface area contributed by atoms with Gasteiger partial charge >= 0.3 is 0 Å². The number of fused-ring (bicyclic) bond motifs is 1. The van der Waals surface area contributed by atoms with Crippen LogP contribution in [0.5, 0.6) is 0 Å². The topological polar surface area (TPSA) is 73.8 Å². The van der Waals surface area contributed by atoms with Gasteiger partial charge in [-0.1, -0.05) is 29.3 Å². The molecule has 1 aliphatic carbocycles. The van der Waals surface area contributed by atoms with Crippen LogP contribution in [-0.2, 0) is 16.4 Å². The molecule has 7 nitrogen and oxygen atoms in total. The molecule has 3 aromatic rings. The van der Waals surface area contributed by atoms with Crippen molar-refractivity contribution in [3.63, 3.8) is 0 Å². The summed E-state index contributed by atoms with van der Waals surface area (Å²) in [6.45, 7) is 3.55. The van der Waals surface area contributed by atoms with Gasteiger partial charge in [-0.2, -0.15) is 4.31 Å². The largest absolute Gasteiger partial charge is 0.371 e. The molecule has 3 heterocycles. The van der Waals surface area contributed by atoms with Crippen molar-refractivity contribution in [2.45, 2.75) is 49.5 Å². The van der Waals surface area contributed by atoms with E-state index in [4.69, 9.17) is 23.2 Å². The number of hydrogen-bond acceptors (Lipinski definition) is 5. The molecule has 2 aromatic carbocycles. The molecule has 10 heteroatoms. The number of carbonyl (C=O) groups excluding carboxylic acids is 1. The van der Waals surface area contributed by atoms with Crippen molar-refractivity contribution < 1.29 is 13.2 Å². The number of hydrogen-bond donors (Lipinski definition) is 0. The highest BCUT2D eigenvalue weighted by Crippen LogP contribution is 2.43. The number of aromatic nitrogens is 1. The van der Waals surface area contributed by atoms with Crippen molar-refractivity contribution in [1.82, 2.24) is 14.2 Å². The van der Waals surface area contributed by atoms with E-state index in [1.165, 1.54) is 22.1 Å². The van der Waals surface area contributed by atoms with E-state index in [0.717, 1.165) is 69.4 Å². The van der Waals surface area contributed by atoms with Crippen molar-refractivity contribution in [3.8, 4) is 0 Å². The molecule has 1 atom stereocenters. The molecule has 0 bridgehead atoms. The van der Waals surface area contributed by atoms with Gasteiger partial charge in [0.2, 0.25) is 10.0 Å². The fourth-order valence-electron chi connectivity index (χ4n) is 6.75. The number of pyridine rings is 1. The van der Waals surface area contributed by atoms with Gasteiger partial charge in [0.25, 0.3) is 5.91 Å². The van der Waals surface area contributed by atoms with Gasteiger partial charge in [0, 0.05) is 61.9 Å². The zero-order valence-electron chi connectivity index (χ0n) is 23.1. The maximum absolute atomic E-state index is 13.6. The highest BCUT2D eigenvalue weighted by atomic mass is 35.5. The monoisotopic (exact) mass is 612 g/mol. The van der Waals surface area contributed by atoms with E-state index in [-0.39, 0.29) is 21.9 Å². The number of rotatable bonds is 5. The molecule has 3 aliphatic rings. The first-order chi connectivity index (χ1) is 19.7. The highest BCUT2D eigenvalue weighted by Gasteiger charge is 2.39. The third-order valence-electron chi connectivity index (χ3n) is 9.39. The minimum absolute atomic E-state index is 0.0105. The average molecular weight is 614 g/mol. The van der Waals surface area contributed by atoms with Crippen LogP contribution >= 0.6 is 23.2 Å². The Morgan fingerprint density at radius 2 is 1.63 bits per heavy atom. The molecule has 6 rings (SSSR count). The Morgan fingerprint density at radius 3 is 2.34 bits per heavy atom. The third kappa shape index (κ3) is 5.47. The Bertz CT molecular complexity index is 1550. The molecular formula is C31H34Cl2N4O3S. The van der Waals surface area contributed by atoms with Gasteiger partial charge in [0.05, 0.1) is 11.1 Å². The summed E-state index contributed by atoms with van der Waals surface area (Å²) in [5.41, 5.74) is 4.10. The van der Waals surface area contributed by atoms with Crippen LogP contribution in [0.1, 0.15) is 59.6 Å². The number of amides is 1. The quantitative estimate of drug-likeness (QED) is 0.342. The molecule has 1 aromatic heterocycles. The summed E-state index contributed by atoms with van der Waals surface area (Å²) in [6.07, 6.45) is 9.37. The van der Waals surface area contributed by atoms with Crippen LogP contribution in [0.3, 0.4) is 0 Å². The van der Waals surface area contributed by atoms with Crippen molar-refractivity contribution >= 4 is 44.8 Å². The van der Waals surface area contributed by atoms with Crippen molar-refractivity contribution in [2.75, 3.05) is 38.1 Å². The first-order valence-corrected chi connectivity index (χ1v) is 16.4. The van der Waals surface area contributed by atoms with E-state index < -0.39 is 10.0 Å². The summed E-state index contributed by atoms with van der Waals surface area (Å²) in [6, 6.07) is 14.0. The minimum atomic E-state index is -3.89. The van der Waals surface area contributed by atoms with Gasteiger partial charge in [-0.05, 0) is 97.5 Å². The van der Waals surface area contributed by atoms with E-state index in [9.17, 15) is 13.2 Å². The maximum Gasteiger partial charge on any atom is 0.253 e. The standard InChI is InChI=1S/C31H34Cl2N4O3S/c1-35(41(39,40)29-21-24(32)5-6-27(29)33)28-7-4-22-2-3-23(20-26(22)28)30(38)37-18-12-31(13-19-37)10-16-36(17-11-31)25-8-14-34-15-9-25/h2-3,5-6,8-9,14-15,20-21,28H,4,7,10-13,16-19H2,1H3. The fourth-order valence-corrected chi connectivity index (χ4v) is 8.85. The lowest BCUT2D eigenvalue weighted by Crippen LogP contribution is -2.48. The van der Waals surface area contributed by atoms with Gasteiger partial charge in [-0.3, -0.25) is 9.78 Å². The maximum atomic E-state index is 13.6. The number of sulfonamides is 1. The lowest BCUT2D eigenvalue weighted by molar-refractivity contribution is 0.0515. The van der Waals surface area contributed by atoms with Gasteiger partial charge in [0.15, 0.2) is 0 Å². The molecule has 2 saturated heterocycles. The van der Waals surface area contributed by atoms with Gasteiger partial charge in [-0.15, -0.1) is 0 Å². The molecule has 2 aliphatic heterocycles. The second kappa shape index (κ2) is 11.2. The zero-order valence-corrected chi connectivity index (χ0v) is 25.4. The molecule has 0 saturated carbocycles. The summed E-state index contributed by atoms with van der Waals surface area (Å²) in [7, 11) is -2.32. The summed E-state index contributed by atoms with van der Waals surface area (Å²) >= 11 is 12.3. The van der Waals surface area contributed by atoms with Gasteiger partial charge < -0.3 is 9.80 Å². The number of likely N-dealkylation sites (tertiary alicyclic amines) is 1. The minimum Gasteiger partial charge on any atom is -0.371 e. The average Bonchev–Trinajstić information content (AvgIpc) is 3.42. The lowest BCUT2D eigenvalue weighted by Gasteiger charge is -2.47. The zero-order chi connectivity index (χ0) is 28.8. The summed E-state index contributed by atoms with van der Waals surface area (Å²) in [5.74, 6) is 0.0194. The van der Waals surface area contributed by atoms with E-state index in [1.807, 2.05) is 35.5 Å². The predicted molar refractivity (Wildman–Crippen MR) is 162 cm³/mol. The Hall–Kier alpha value is -2.65. The predicted octanol–water partition coefficient (Wildman–Crippen LogP) is 6.22. The van der Waals surface area contributed by atoms with Crippen molar-refractivity contribution in [1.29, 1.82) is 0 Å².